The topological polar surface area (TPSA) is 44.1 Å². The Morgan fingerprint density at radius 3 is 2.38 bits per heavy atom. The van der Waals surface area contributed by atoms with Gasteiger partial charge in [0.2, 0.25) is 5.91 Å². The van der Waals surface area contributed by atoms with Gasteiger partial charge in [-0.3, -0.25) is 4.79 Å². The summed E-state index contributed by atoms with van der Waals surface area (Å²) in [6.45, 7) is 6.20. The summed E-state index contributed by atoms with van der Waals surface area (Å²) in [5.41, 5.74) is 4.10. The highest BCUT2D eigenvalue weighted by Crippen LogP contribution is 2.36. The molecular formula is C18H22N2O. The SMILES string of the molecule is Cc1cc(C)c(/C=C/C(=O)N(C)C2(C#N)CCC2)cc1C. The number of benzene rings is 1. The number of hydrogen-bond acceptors (Lipinski definition) is 2. The predicted molar refractivity (Wildman–Crippen MR) is 84.7 cm³/mol. The average molecular weight is 282 g/mol. The summed E-state index contributed by atoms with van der Waals surface area (Å²) in [6.07, 6.45) is 6.01. The van der Waals surface area contributed by atoms with Crippen LogP contribution >= 0.6 is 0 Å². The highest BCUT2D eigenvalue weighted by molar-refractivity contribution is 5.92. The van der Waals surface area contributed by atoms with Crippen molar-refractivity contribution in [3.8, 4) is 6.07 Å². The van der Waals surface area contributed by atoms with Crippen LogP contribution in [0.4, 0.5) is 0 Å². The van der Waals surface area contributed by atoms with E-state index in [1.807, 2.05) is 13.0 Å². The Hall–Kier alpha value is -2.08. The molecule has 0 heterocycles. The van der Waals surface area contributed by atoms with Crippen LogP contribution in [0.25, 0.3) is 6.08 Å². The normalized spacial score (nSPS) is 16.3. The van der Waals surface area contributed by atoms with Crippen molar-refractivity contribution in [2.45, 2.75) is 45.6 Å². The smallest absolute Gasteiger partial charge is 0.247 e. The first-order valence-corrected chi connectivity index (χ1v) is 7.34. The lowest BCUT2D eigenvalue weighted by atomic mass is 9.76. The largest absolute Gasteiger partial charge is 0.323 e. The maximum atomic E-state index is 12.3. The van der Waals surface area contributed by atoms with Crippen LogP contribution in [0.5, 0.6) is 0 Å². The number of hydrogen-bond donors (Lipinski definition) is 0. The molecule has 0 aliphatic heterocycles. The first kappa shape index (κ1) is 15.3. The zero-order valence-electron chi connectivity index (χ0n) is 13.2. The predicted octanol–water partition coefficient (Wildman–Crippen LogP) is 3.53. The van der Waals surface area contributed by atoms with Crippen LogP contribution in [0.3, 0.4) is 0 Å². The monoisotopic (exact) mass is 282 g/mol. The molecule has 1 aromatic rings. The lowest BCUT2D eigenvalue weighted by molar-refractivity contribution is -0.130. The Morgan fingerprint density at radius 1 is 1.24 bits per heavy atom. The molecule has 1 fully saturated rings. The van der Waals surface area contributed by atoms with Gasteiger partial charge >= 0.3 is 0 Å². The fraction of sp³-hybridized carbons (Fsp3) is 0.444. The molecule has 110 valence electrons. The minimum Gasteiger partial charge on any atom is -0.323 e. The number of carbonyl (C=O) groups excluding carboxylic acids is 1. The van der Waals surface area contributed by atoms with E-state index >= 15 is 0 Å². The van der Waals surface area contributed by atoms with Gasteiger partial charge in [0.1, 0.15) is 5.54 Å². The maximum Gasteiger partial charge on any atom is 0.247 e. The number of rotatable bonds is 3. The number of nitriles is 1. The summed E-state index contributed by atoms with van der Waals surface area (Å²) in [4.78, 5) is 13.9. The molecule has 0 saturated heterocycles. The molecule has 0 N–H and O–H groups in total. The number of nitrogens with zero attached hydrogens (tertiary/aromatic N) is 2. The van der Waals surface area contributed by atoms with Crippen molar-refractivity contribution in [1.82, 2.24) is 4.90 Å². The first-order valence-electron chi connectivity index (χ1n) is 7.34. The summed E-state index contributed by atoms with van der Waals surface area (Å²) >= 11 is 0. The Bertz CT molecular complexity index is 633. The highest BCUT2D eigenvalue weighted by Gasteiger charge is 2.42. The van der Waals surface area contributed by atoms with Crippen LogP contribution in [0.1, 0.15) is 41.5 Å². The second-order valence-corrected chi connectivity index (χ2v) is 6.02. The standard InChI is InChI=1S/C18H22N2O/c1-13-10-15(3)16(11-14(13)2)6-7-17(21)20(4)18(12-19)8-5-9-18/h6-7,10-11H,5,8-9H2,1-4H3/b7-6+. The second-order valence-electron chi connectivity index (χ2n) is 6.02. The van der Waals surface area contributed by atoms with Crippen LogP contribution < -0.4 is 0 Å². The Kier molecular flexibility index (Phi) is 4.18. The summed E-state index contributed by atoms with van der Waals surface area (Å²) in [5.74, 6) is -0.103. The van der Waals surface area contributed by atoms with Crippen molar-refractivity contribution in [1.29, 1.82) is 5.26 Å². The third-order valence-corrected chi connectivity index (χ3v) is 4.65. The molecule has 0 bridgehead atoms. The number of carbonyl (C=O) groups is 1. The molecule has 21 heavy (non-hydrogen) atoms. The highest BCUT2D eigenvalue weighted by atomic mass is 16.2. The van der Waals surface area contributed by atoms with E-state index in [4.69, 9.17) is 0 Å². The maximum absolute atomic E-state index is 12.3. The summed E-state index contributed by atoms with van der Waals surface area (Å²) in [5, 5.41) is 9.28. The Balaban J connectivity index is 2.16. The van der Waals surface area contributed by atoms with Gasteiger partial charge in [0.25, 0.3) is 0 Å². The molecule has 3 nitrogen and oxygen atoms in total. The van der Waals surface area contributed by atoms with Gasteiger partial charge in [-0.1, -0.05) is 12.1 Å². The molecule has 1 aromatic carbocycles. The molecule has 1 aliphatic carbocycles. The van der Waals surface area contributed by atoms with E-state index in [1.165, 1.54) is 11.1 Å². The van der Waals surface area contributed by atoms with Crippen LogP contribution in [-0.2, 0) is 4.79 Å². The van der Waals surface area contributed by atoms with E-state index < -0.39 is 5.54 Å². The molecule has 1 amide bonds. The molecular weight excluding hydrogens is 260 g/mol. The Labute approximate surface area is 126 Å². The van der Waals surface area contributed by atoms with E-state index in [0.29, 0.717) is 0 Å². The summed E-state index contributed by atoms with van der Waals surface area (Å²) < 4.78 is 0. The van der Waals surface area contributed by atoms with Gasteiger partial charge < -0.3 is 4.90 Å². The summed E-state index contributed by atoms with van der Waals surface area (Å²) in [6, 6.07) is 6.52. The zero-order chi connectivity index (χ0) is 15.6. The van der Waals surface area contributed by atoms with E-state index in [-0.39, 0.29) is 5.91 Å². The number of aryl methyl sites for hydroxylation is 3. The summed E-state index contributed by atoms with van der Waals surface area (Å²) in [7, 11) is 1.72. The van der Waals surface area contributed by atoms with E-state index in [1.54, 1.807) is 18.0 Å². The quantitative estimate of drug-likeness (QED) is 0.796. The second kappa shape index (κ2) is 5.73. The van der Waals surface area contributed by atoms with Crippen LogP contribution in [0.15, 0.2) is 18.2 Å². The fourth-order valence-electron chi connectivity index (χ4n) is 2.68. The van der Waals surface area contributed by atoms with Gasteiger partial charge in [0.15, 0.2) is 0 Å². The zero-order valence-corrected chi connectivity index (χ0v) is 13.2. The minimum absolute atomic E-state index is 0.103. The fourth-order valence-corrected chi connectivity index (χ4v) is 2.68. The lowest BCUT2D eigenvalue weighted by Gasteiger charge is -2.42. The average Bonchev–Trinajstić information content (AvgIpc) is 2.40. The molecule has 3 heteroatoms. The van der Waals surface area contributed by atoms with Crippen molar-refractivity contribution >= 4 is 12.0 Å². The third-order valence-electron chi connectivity index (χ3n) is 4.65. The van der Waals surface area contributed by atoms with Gasteiger partial charge in [-0.2, -0.15) is 5.26 Å². The molecule has 0 unspecified atom stereocenters. The number of amides is 1. The van der Waals surface area contributed by atoms with Crippen molar-refractivity contribution in [2.24, 2.45) is 0 Å². The molecule has 0 spiro atoms. The van der Waals surface area contributed by atoms with E-state index in [9.17, 15) is 10.1 Å². The third kappa shape index (κ3) is 2.85. The van der Waals surface area contributed by atoms with Gasteiger partial charge in [0, 0.05) is 13.1 Å². The van der Waals surface area contributed by atoms with Crippen LogP contribution in [0.2, 0.25) is 0 Å². The lowest BCUT2D eigenvalue weighted by Crippen LogP contribution is -2.52. The number of likely N-dealkylation sites (N-methyl/N-ethyl adjacent to an activating group) is 1. The molecule has 0 radical (unpaired) electrons. The van der Waals surface area contributed by atoms with Crippen LogP contribution in [-0.4, -0.2) is 23.4 Å². The van der Waals surface area contributed by atoms with Crippen molar-refractivity contribution < 1.29 is 4.79 Å². The van der Waals surface area contributed by atoms with Crippen molar-refractivity contribution in [3.63, 3.8) is 0 Å². The van der Waals surface area contributed by atoms with Gasteiger partial charge in [-0.15, -0.1) is 0 Å². The molecule has 2 rings (SSSR count). The van der Waals surface area contributed by atoms with Gasteiger partial charge in [-0.25, -0.2) is 0 Å². The van der Waals surface area contributed by atoms with Gasteiger partial charge in [-0.05, 0) is 68.4 Å². The van der Waals surface area contributed by atoms with Gasteiger partial charge in [0.05, 0.1) is 6.07 Å². The molecule has 0 atom stereocenters. The minimum atomic E-state index is -0.584. The van der Waals surface area contributed by atoms with E-state index in [2.05, 4.69) is 32.0 Å². The molecule has 1 aliphatic rings. The molecule has 1 saturated carbocycles. The van der Waals surface area contributed by atoms with E-state index in [0.717, 1.165) is 30.4 Å². The van der Waals surface area contributed by atoms with Crippen molar-refractivity contribution in [3.05, 3.63) is 40.5 Å². The van der Waals surface area contributed by atoms with Crippen molar-refractivity contribution in [2.75, 3.05) is 7.05 Å². The molecule has 0 aromatic heterocycles. The Morgan fingerprint density at radius 2 is 1.86 bits per heavy atom. The first-order chi connectivity index (χ1) is 9.89. The van der Waals surface area contributed by atoms with Crippen LogP contribution in [0, 0.1) is 32.1 Å².